The molecule has 4 aromatic rings. The second-order valence-corrected chi connectivity index (χ2v) is 9.22. The van der Waals surface area contributed by atoms with Gasteiger partial charge in [-0.15, -0.1) is 11.3 Å². The van der Waals surface area contributed by atoms with Crippen molar-refractivity contribution >= 4 is 50.7 Å². The molecule has 0 aliphatic rings. The number of hydrogen-bond acceptors (Lipinski definition) is 6. The highest BCUT2D eigenvalue weighted by Crippen LogP contribution is 2.27. The van der Waals surface area contributed by atoms with Crippen LogP contribution in [0.5, 0.6) is 5.75 Å². The van der Waals surface area contributed by atoms with Gasteiger partial charge in [0.2, 0.25) is 11.8 Å². The predicted octanol–water partition coefficient (Wildman–Crippen LogP) is 3.23. The highest BCUT2D eigenvalue weighted by molar-refractivity contribution is 7.17. The van der Waals surface area contributed by atoms with Gasteiger partial charge in [-0.25, -0.2) is 4.79 Å². The first-order chi connectivity index (χ1) is 17.4. The molecule has 0 aliphatic carbocycles. The molecule has 0 saturated carbocycles. The molecule has 4 rings (SSSR count). The Morgan fingerprint density at radius 1 is 1.03 bits per heavy atom. The van der Waals surface area contributed by atoms with E-state index >= 15 is 0 Å². The molecule has 0 aliphatic heterocycles. The van der Waals surface area contributed by atoms with E-state index in [0.29, 0.717) is 33.2 Å². The van der Waals surface area contributed by atoms with Gasteiger partial charge in [0.05, 0.1) is 18.3 Å². The van der Waals surface area contributed by atoms with E-state index in [1.54, 1.807) is 23.6 Å². The molecule has 0 fully saturated rings. The third-order valence-corrected chi connectivity index (χ3v) is 6.60. The summed E-state index contributed by atoms with van der Waals surface area (Å²) in [5.74, 6) is -0.392. The van der Waals surface area contributed by atoms with E-state index in [1.165, 1.54) is 29.1 Å². The molecule has 11 heteroatoms. The molecule has 2 heterocycles. The number of aromatic nitrogens is 2. The average Bonchev–Trinajstić information content (AvgIpc) is 3.36. The Morgan fingerprint density at radius 3 is 2.56 bits per heavy atom. The molecule has 2 aromatic heterocycles. The maximum atomic E-state index is 13.2. The van der Waals surface area contributed by atoms with Gasteiger partial charge in [0.1, 0.15) is 17.0 Å². The van der Waals surface area contributed by atoms with Crippen LogP contribution in [0, 0.1) is 0 Å². The lowest BCUT2D eigenvalue weighted by atomic mass is 10.2. The van der Waals surface area contributed by atoms with Gasteiger partial charge in [-0.3, -0.25) is 23.5 Å². The molecule has 2 aromatic carbocycles. The standard InChI is InChI=1S/C25H23ClN4O5S/c1-35-20-8-7-17(26)13-18(20)28-22(32)15-30-19-10-12-36-23(19)24(33)29(25(30)34)11-9-21(31)27-14-16-5-3-2-4-6-16/h2-8,10,12-13H,9,11,14-15H2,1H3,(H,27,31)(H,28,32). The zero-order valence-electron chi connectivity index (χ0n) is 19.3. The van der Waals surface area contributed by atoms with Crippen LogP contribution in [0.3, 0.4) is 0 Å². The summed E-state index contributed by atoms with van der Waals surface area (Å²) in [6, 6.07) is 15.8. The molecule has 9 nitrogen and oxygen atoms in total. The summed E-state index contributed by atoms with van der Waals surface area (Å²) in [4.78, 5) is 51.4. The van der Waals surface area contributed by atoms with Gasteiger partial charge < -0.3 is 15.4 Å². The summed E-state index contributed by atoms with van der Waals surface area (Å²) >= 11 is 7.20. The van der Waals surface area contributed by atoms with E-state index in [-0.39, 0.29) is 25.4 Å². The number of halogens is 1. The molecular formula is C25H23ClN4O5S. The van der Waals surface area contributed by atoms with Gasteiger partial charge in [-0.2, -0.15) is 0 Å². The van der Waals surface area contributed by atoms with Gasteiger partial charge in [-0.05, 0) is 35.2 Å². The Bertz CT molecular complexity index is 1530. The second-order valence-electron chi connectivity index (χ2n) is 7.87. The number of nitrogens with zero attached hydrogens (tertiary/aromatic N) is 2. The van der Waals surface area contributed by atoms with E-state index in [0.717, 1.165) is 10.1 Å². The van der Waals surface area contributed by atoms with Crippen LogP contribution in [0.25, 0.3) is 10.2 Å². The Balaban J connectivity index is 1.53. The van der Waals surface area contributed by atoms with Crippen molar-refractivity contribution in [2.75, 3.05) is 12.4 Å². The number of anilines is 1. The molecule has 2 amide bonds. The maximum Gasteiger partial charge on any atom is 0.332 e. The molecule has 0 saturated heterocycles. The number of rotatable bonds is 9. The number of carbonyl (C=O) groups excluding carboxylic acids is 2. The number of nitrogens with one attached hydrogen (secondary N) is 2. The summed E-state index contributed by atoms with van der Waals surface area (Å²) in [6.07, 6.45) is -0.0647. The fourth-order valence-corrected chi connectivity index (χ4v) is 4.71. The highest BCUT2D eigenvalue weighted by atomic mass is 35.5. The van der Waals surface area contributed by atoms with E-state index < -0.39 is 17.2 Å². The lowest BCUT2D eigenvalue weighted by molar-refractivity contribution is -0.121. The van der Waals surface area contributed by atoms with Gasteiger partial charge in [0.15, 0.2) is 0 Å². The molecule has 36 heavy (non-hydrogen) atoms. The molecule has 2 N–H and O–H groups in total. The fraction of sp³-hybridized carbons (Fsp3) is 0.200. The number of hydrogen-bond donors (Lipinski definition) is 2. The van der Waals surface area contributed by atoms with Crippen molar-refractivity contribution in [2.24, 2.45) is 0 Å². The first kappa shape index (κ1) is 25.2. The Morgan fingerprint density at radius 2 is 1.81 bits per heavy atom. The monoisotopic (exact) mass is 526 g/mol. The molecule has 186 valence electrons. The van der Waals surface area contributed by atoms with Crippen molar-refractivity contribution in [1.82, 2.24) is 14.5 Å². The largest absolute Gasteiger partial charge is 0.495 e. The minimum Gasteiger partial charge on any atom is -0.495 e. The van der Waals surface area contributed by atoms with Crippen molar-refractivity contribution in [1.29, 1.82) is 0 Å². The Labute approximate surface area is 214 Å². The van der Waals surface area contributed by atoms with Crippen LogP contribution in [0.4, 0.5) is 5.69 Å². The molecule has 0 bridgehead atoms. The number of thiophene rings is 1. The van der Waals surface area contributed by atoms with Crippen molar-refractivity contribution < 1.29 is 14.3 Å². The second kappa shape index (κ2) is 11.2. The summed E-state index contributed by atoms with van der Waals surface area (Å²) < 4.78 is 7.79. The number of ether oxygens (including phenoxy) is 1. The fourth-order valence-electron chi connectivity index (χ4n) is 3.69. The molecule has 0 unspecified atom stereocenters. The quantitative estimate of drug-likeness (QED) is 0.348. The number of methoxy groups -OCH3 is 1. The van der Waals surface area contributed by atoms with E-state index in [4.69, 9.17) is 16.3 Å². The van der Waals surface area contributed by atoms with Crippen molar-refractivity contribution in [3.05, 3.63) is 91.4 Å². The average molecular weight is 527 g/mol. The summed E-state index contributed by atoms with van der Waals surface area (Å²) in [5, 5.41) is 7.56. The first-order valence-electron chi connectivity index (χ1n) is 11.0. The van der Waals surface area contributed by atoms with Gasteiger partial charge >= 0.3 is 5.69 Å². The van der Waals surface area contributed by atoms with Crippen LogP contribution in [0.15, 0.2) is 69.6 Å². The minimum atomic E-state index is -0.671. The maximum absolute atomic E-state index is 13.2. The SMILES string of the molecule is COc1ccc(Cl)cc1NC(=O)Cn1c(=O)n(CCC(=O)NCc2ccccc2)c(=O)c2sccc21. The highest BCUT2D eigenvalue weighted by Gasteiger charge is 2.18. The molecule has 0 atom stereocenters. The first-order valence-corrected chi connectivity index (χ1v) is 12.3. The van der Waals surface area contributed by atoms with E-state index in [2.05, 4.69) is 10.6 Å². The van der Waals surface area contributed by atoms with Crippen LogP contribution >= 0.6 is 22.9 Å². The molecular weight excluding hydrogens is 504 g/mol. The lowest BCUT2D eigenvalue weighted by Gasteiger charge is -2.14. The number of amides is 2. The summed E-state index contributed by atoms with van der Waals surface area (Å²) in [5.41, 5.74) is 0.484. The van der Waals surface area contributed by atoms with Crippen LogP contribution in [0.2, 0.25) is 5.02 Å². The van der Waals surface area contributed by atoms with Crippen LogP contribution in [0.1, 0.15) is 12.0 Å². The van der Waals surface area contributed by atoms with E-state index in [1.807, 2.05) is 30.3 Å². The van der Waals surface area contributed by atoms with Crippen molar-refractivity contribution in [3.8, 4) is 5.75 Å². The Kier molecular flexibility index (Phi) is 7.87. The Hall–Kier alpha value is -3.89. The number of carbonyl (C=O) groups is 2. The third-order valence-electron chi connectivity index (χ3n) is 5.47. The third kappa shape index (κ3) is 5.67. The zero-order chi connectivity index (χ0) is 25.7. The normalized spacial score (nSPS) is 10.8. The number of benzene rings is 2. The summed E-state index contributed by atoms with van der Waals surface area (Å²) in [7, 11) is 1.46. The van der Waals surface area contributed by atoms with E-state index in [9.17, 15) is 19.2 Å². The van der Waals surface area contributed by atoms with Crippen LogP contribution in [-0.4, -0.2) is 28.1 Å². The lowest BCUT2D eigenvalue weighted by Crippen LogP contribution is -2.42. The molecule has 0 radical (unpaired) electrons. The minimum absolute atomic E-state index is 0.0647. The zero-order valence-corrected chi connectivity index (χ0v) is 20.9. The van der Waals surface area contributed by atoms with Gasteiger partial charge in [0, 0.05) is 24.5 Å². The topological polar surface area (TPSA) is 111 Å². The van der Waals surface area contributed by atoms with Gasteiger partial charge in [-0.1, -0.05) is 41.9 Å². The van der Waals surface area contributed by atoms with Crippen LogP contribution in [-0.2, 0) is 29.2 Å². The predicted molar refractivity (Wildman–Crippen MR) is 140 cm³/mol. The van der Waals surface area contributed by atoms with Crippen LogP contribution < -0.4 is 26.6 Å². The van der Waals surface area contributed by atoms with Gasteiger partial charge in [0.25, 0.3) is 5.56 Å². The smallest absolute Gasteiger partial charge is 0.332 e. The van der Waals surface area contributed by atoms with Crippen molar-refractivity contribution in [2.45, 2.75) is 26.1 Å². The van der Waals surface area contributed by atoms with Crippen molar-refractivity contribution in [3.63, 3.8) is 0 Å². The number of fused-ring (bicyclic) bond motifs is 1. The molecule has 0 spiro atoms. The summed E-state index contributed by atoms with van der Waals surface area (Å²) in [6.45, 7) is -0.117.